The standard InChI is InChI=1S/C23H26ClN5O2S/c24-17-5-6-25-20(12-17)28-9-7-27(8-10-28)13-15-1-2-16-14-29(23(32)18(16)11-15)19-3-4-21(30)26-22(19)31/h1-2,5-6,11-12,19,23,32H,3-4,7-10,13-14H2,(H,26,30,31). The van der Waals surface area contributed by atoms with E-state index in [0.717, 1.165) is 44.1 Å². The monoisotopic (exact) mass is 471 g/mol. The molecule has 9 heteroatoms. The van der Waals surface area contributed by atoms with Crippen molar-refractivity contribution in [3.63, 3.8) is 0 Å². The third-order valence-electron chi connectivity index (χ3n) is 6.58. The maximum absolute atomic E-state index is 12.3. The fourth-order valence-corrected chi connectivity index (χ4v) is 5.46. The number of hydrogen-bond acceptors (Lipinski definition) is 7. The van der Waals surface area contributed by atoms with E-state index in [4.69, 9.17) is 24.2 Å². The molecule has 3 aliphatic heterocycles. The number of halogens is 1. The van der Waals surface area contributed by atoms with E-state index >= 15 is 0 Å². The summed E-state index contributed by atoms with van der Waals surface area (Å²) in [5.41, 5.74) is 3.62. The molecule has 2 atom stereocenters. The molecular formula is C23H26ClN5O2S. The van der Waals surface area contributed by atoms with Crippen LogP contribution in [0.5, 0.6) is 0 Å². The van der Waals surface area contributed by atoms with Gasteiger partial charge in [0.1, 0.15) is 5.82 Å². The first kappa shape index (κ1) is 21.7. The molecule has 1 aromatic carbocycles. The molecule has 0 aliphatic carbocycles. The molecule has 2 saturated heterocycles. The summed E-state index contributed by atoms with van der Waals surface area (Å²) in [5, 5.41) is 3.03. The second-order valence-electron chi connectivity index (χ2n) is 8.64. The number of aromatic nitrogens is 1. The van der Waals surface area contributed by atoms with Crippen LogP contribution in [0.4, 0.5) is 5.82 Å². The summed E-state index contributed by atoms with van der Waals surface area (Å²) in [6.07, 6.45) is 2.68. The van der Waals surface area contributed by atoms with E-state index in [1.54, 1.807) is 12.3 Å². The number of imide groups is 1. The minimum atomic E-state index is -0.306. The highest BCUT2D eigenvalue weighted by molar-refractivity contribution is 7.80. The van der Waals surface area contributed by atoms with Gasteiger partial charge < -0.3 is 4.90 Å². The fraction of sp³-hybridized carbons (Fsp3) is 0.435. The molecule has 7 nitrogen and oxygen atoms in total. The lowest BCUT2D eigenvalue weighted by Crippen LogP contribution is -2.51. The molecule has 2 unspecified atom stereocenters. The van der Waals surface area contributed by atoms with E-state index < -0.39 is 0 Å². The van der Waals surface area contributed by atoms with Gasteiger partial charge in [-0.2, -0.15) is 12.6 Å². The summed E-state index contributed by atoms with van der Waals surface area (Å²) in [6.45, 7) is 5.30. The maximum Gasteiger partial charge on any atom is 0.243 e. The quantitative estimate of drug-likeness (QED) is 0.527. The smallest absolute Gasteiger partial charge is 0.243 e. The van der Waals surface area contributed by atoms with Gasteiger partial charge in [0.2, 0.25) is 11.8 Å². The SMILES string of the molecule is O=C1CCC(N2Cc3ccc(CN4CCN(c5cc(Cl)ccn5)CC4)cc3C2S)C(=O)N1. The van der Waals surface area contributed by atoms with Crippen molar-refractivity contribution >= 4 is 41.9 Å². The van der Waals surface area contributed by atoms with Crippen LogP contribution in [0.2, 0.25) is 5.02 Å². The van der Waals surface area contributed by atoms with Crippen molar-refractivity contribution in [3.05, 3.63) is 58.2 Å². The number of thiol groups is 1. The summed E-state index contributed by atoms with van der Waals surface area (Å²) in [6, 6.07) is 9.97. The molecule has 2 aromatic rings. The van der Waals surface area contributed by atoms with Crippen LogP contribution in [0.15, 0.2) is 36.5 Å². The van der Waals surface area contributed by atoms with E-state index in [2.05, 4.69) is 43.2 Å². The highest BCUT2D eigenvalue weighted by atomic mass is 35.5. The van der Waals surface area contributed by atoms with Crippen LogP contribution in [0, 0.1) is 0 Å². The topological polar surface area (TPSA) is 68.8 Å². The van der Waals surface area contributed by atoms with E-state index in [9.17, 15) is 9.59 Å². The zero-order valence-electron chi connectivity index (χ0n) is 17.7. The molecule has 5 rings (SSSR count). The van der Waals surface area contributed by atoms with Gasteiger partial charge in [0.05, 0.1) is 11.4 Å². The first-order valence-electron chi connectivity index (χ1n) is 11.0. The first-order valence-corrected chi connectivity index (χ1v) is 11.9. The first-order chi connectivity index (χ1) is 15.5. The number of hydrogen-bond donors (Lipinski definition) is 2. The third kappa shape index (κ3) is 4.37. The summed E-state index contributed by atoms with van der Waals surface area (Å²) in [5.74, 6) is 0.536. The van der Waals surface area contributed by atoms with E-state index in [0.29, 0.717) is 24.4 Å². The van der Waals surface area contributed by atoms with Gasteiger partial charge >= 0.3 is 0 Å². The number of carbonyl (C=O) groups excluding carboxylic acids is 2. The molecule has 1 N–H and O–H groups in total. The van der Waals surface area contributed by atoms with Crippen LogP contribution in [-0.4, -0.2) is 58.8 Å². The molecule has 0 saturated carbocycles. The third-order valence-corrected chi connectivity index (χ3v) is 7.39. The molecule has 4 heterocycles. The number of pyridine rings is 1. The zero-order valence-corrected chi connectivity index (χ0v) is 19.4. The molecule has 3 aliphatic rings. The summed E-state index contributed by atoms with van der Waals surface area (Å²) in [4.78, 5) is 35.1. The van der Waals surface area contributed by atoms with Gasteiger partial charge in [-0.15, -0.1) is 0 Å². The number of amides is 2. The van der Waals surface area contributed by atoms with Gasteiger partial charge in [-0.05, 0) is 35.2 Å². The van der Waals surface area contributed by atoms with Crippen LogP contribution in [0.3, 0.4) is 0 Å². The average molecular weight is 472 g/mol. The Labute approximate surface area is 198 Å². The molecule has 32 heavy (non-hydrogen) atoms. The Hall–Kier alpha value is -2.13. The Morgan fingerprint density at radius 3 is 2.69 bits per heavy atom. The Kier molecular flexibility index (Phi) is 6.11. The Balaban J connectivity index is 1.21. The van der Waals surface area contributed by atoms with Gasteiger partial charge in [0.25, 0.3) is 0 Å². The summed E-state index contributed by atoms with van der Waals surface area (Å²) < 4.78 is 0. The average Bonchev–Trinajstić information content (AvgIpc) is 3.10. The minimum Gasteiger partial charge on any atom is -0.354 e. The van der Waals surface area contributed by atoms with Crippen LogP contribution in [0.25, 0.3) is 0 Å². The predicted molar refractivity (Wildman–Crippen MR) is 127 cm³/mol. The van der Waals surface area contributed by atoms with Crippen LogP contribution < -0.4 is 10.2 Å². The second kappa shape index (κ2) is 9.02. The molecule has 0 radical (unpaired) electrons. The molecule has 0 bridgehead atoms. The number of benzene rings is 1. The molecule has 2 amide bonds. The normalized spacial score (nSPS) is 24.5. The molecule has 0 spiro atoms. The van der Waals surface area contributed by atoms with Gasteiger partial charge in [-0.1, -0.05) is 29.8 Å². The van der Waals surface area contributed by atoms with Crippen LogP contribution >= 0.6 is 24.2 Å². The molecule has 1 aromatic heterocycles. The number of nitrogens with one attached hydrogen (secondary N) is 1. The number of anilines is 1. The van der Waals surface area contributed by atoms with Crippen molar-refractivity contribution in [2.24, 2.45) is 0 Å². The number of rotatable bonds is 4. The molecular weight excluding hydrogens is 446 g/mol. The van der Waals surface area contributed by atoms with E-state index in [1.165, 1.54) is 11.1 Å². The number of nitrogens with zero attached hydrogens (tertiary/aromatic N) is 4. The summed E-state index contributed by atoms with van der Waals surface area (Å²) in [7, 11) is 0. The molecule has 168 valence electrons. The number of piperazine rings is 1. The van der Waals surface area contributed by atoms with Gasteiger partial charge in [-0.3, -0.25) is 24.7 Å². The van der Waals surface area contributed by atoms with Crippen molar-refractivity contribution in [1.82, 2.24) is 20.1 Å². The number of piperidine rings is 1. The van der Waals surface area contributed by atoms with Crippen molar-refractivity contribution in [2.75, 3.05) is 31.1 Å². The van der Waals surface area contributed by atoms with Crippen molar-refractivity contribution in [1.29, 1.82) is 0 Å². The van der Waals surface area contributed by atoms with Crippen LogP contribution in [0.1, 0.15) is 34.9 Å². The van der Waals surface area contributed by atoms with Crippen molar-refractivity contribution in [2.45, 2.75) is 37.3 Å². The Morgan fingerprint density at radius 1 is 1.12 bits per heavy atom. The summed E-state index contributed by atoms with van der Waals surface area (Å²) >= 11 is 10.9. The predicted octanol–water partition coefficient (Wildman–Crippen LogP) is 2.61. The van der Waals surface area contributed by atoms with Crippen molar-refractivity contribution in [3.8, 4) is 0 Å². The Morgan fingerprint density at radius 2 is 1.94 bits per heavy atom. The van der Waals surface area contributed by atoms with E-state index in [-0.39, 0.29) is 23.2 Å². The lowest BCUT2D eigenvalue weighted by Gasteiger charge is -2.35. The zero-order chi connectivity index (χ0) is 22.2. The van der Waals surface area contributed by atoms with Gasteiger partial charge in [-0.25, -0.2) is 4.98 Å². The highest BCUT2D eigenvalue weighted by Crippen LogP contribution is 2.39. The number of carbonyl (C=O) groups is 2. The fourth-order valence-electron chi connectivity index (χ4n) is 4.83. The largest absolute Gasteiger partial charge is 0.354 e. The molecule has 2 fully saturated rings. The lowest BCUT2D eigenvalue weighted by atomic mass is 10.0. The minimum absolute atomic E-state index is 0.139. The van der Waals surface area contributed by atoms with Gasteiger partial charge in [0.15, 0.2) is 0 Å². The Bertz CT molecular complexity index is 1040. The van der Waals surface area contributed by atoms with E-state index in [1.807, 2.05) is 6.07 Å². The lowest BCUT2D eigenvalue weighted by molar-refractivity contribution is -0.137. The number of fused-ring (bicyclic) bond motifs is 1. The second-order valence-corrected chi connectivity index (χ2v) is 9.57. The maximum atomic E-state index is 12.3. The van der Waals surface area contributed by atoms with Crippen molar-refractivity contribution < 1.29 is 9.59 Å². The van der Waals surface area contributed by atoms with Gasteiger partial charge in [0, 0.05) is 56.9 Å². The van der Waals surface area contributed by atoms with Crippen LogP contribution in [-0.2, 0) is 22.7 Å². The highest BCUT2D eigenvalue weighted by Gasteiger charge is 2.39.